The molecule has 0 unspecified atom stereocenters. The molecule has 0 bridgehead atoms. The van der Waals surface area contributed by atoms with Crippen LogP contribution in [0.2, 0.25) is 0 Å². The van der Waals surface area contributed by atoms with Crippen LogP contribution in [0.15, 0.2) is 18.2 Å². The third-order valence-electron chi connectivity index (χ3n) is 4.97. The largest absolute Gasteiger partial charge is 0.450 e. The molecule has 3 amide bonds. The van der Waals surface area contributed by atoms with Crippen molar-refractivity contribution < 1.29 is 14.3 Å². The summed E-state index contributed by atoms with van der Waals surface area (Å²) >= 11 is 0. The van der Waals surface area contributed by atoms with Gasteiger partial charge in [-0.1, -0.05) is 45.9 Å². The number of urea groups is 1. The fourth-order valence-electron chi connectivity index (χ4n) is 3.45. The summed E-state index contributed by atoms with van der Waals surface area (Å²) in [6.07, 6.45) is 1.19. The fraction of sp³-hybridized carbons (Fsp3) is 0.619. The van der Waals surface area contributed by atoms with Crippen LogP contribution in [0.1, 0.15) is 70.4 Å². The summed E-state index contributed by atoms with van der Waals surface area (Å²) < 4.78 is 5.04. The molecule has 2 rings (SSSR count). The number of benzene rings is 1. The Bertz CT molecular complexity index is 624. The molecule has 2 N–H and O–H groups in total. The summed E-state index contributed by atoms with van der Waals surface area (Å²) in [7, 11) is 0. The molecule has 0 saturated carbocycles. The minimum atomic E-state index is -0.271. The molecule has 0 aliphatic carbocycles. The van der Waals surface area contributed by atoms with Gasteiger partial charge in [0.05, 0.1) is 6.61 Å². The molecule has 6 nitrogen and oxygen atoms in total. The van der Waals surface area contributed by atoms with Crippen molar-refractivity contribution in [1.82, 2.24) is 10.2 Å². The molecule has 1 aromatic rings. The van der Waals surface area contributed by atoms with Crippen molar-refractivity contribution in [2.75, 3.05) is 25.0 Å². The van der Waals surface area contributed by atoms with Gasteiger partial charge in [-0.25, -0.2) is 9.59 Å². The minimum Gasteiger partial charge on any atom is -0.450 e. The van der Waals surface area contributed by atoms with Crippen LogP contribution in [0.3, 0.4) is 0 Å². The van der Waals surface area contributed by atoms with Crippen molar-refractivity contribution in [1.29, 1.82) is 0 Å². The number of likely N-dealkylation sites (tertiary alicyclic amines) is 1. The van der Waals surface area contributed by atoms with Crippen molar-refractivity contribution in [2.24, 2.45) is 0 Å². The second-order valence-corrected chi connectivity index (χ2v) is 7.68. The number of hydrogen-bond acceptors (Lipinski definition) is 3. The maximum absolute atomic E-state index is 12.6. The van der Waals surface area contributed by atoms with Gasteiger partial charge >= 0.3 is 12.1 Å². The number of para-hydroxylation sites is 1. The molecule has 1 fully saturated rings. The van der Waals surface area contributed by atoms with E-state index in [-0.39, 0.29) is 18.2 Å². The Balaban J connectivity index is 1.98. The monoisotopic (exact) mass is 375 g/mol. The van der Waals surface area contributed by atoms with E-state index >= 15 is 0 Å². The Morgan fingerprint density at radius 2 is 1.67 bits per heavy atom. The van der Waals surface area contributed by atoms with Crippen molar-refractivity contribution in [3.05, 3.63) is 29.3 Å². The van der Waals surface area contributed by atoms with Crippen LogP contribution < -0.4 is 10.6 Å². The Labute approximate surface area is 162 Å². The van der Waals surface area contributed by atoms with E-state index in [1.165, 1.54) is 0 Å². The highest BCUT2D eigenvalue weighted by Gasteiger charge is 2.25. The zero-order valence-electron chi connectivity index (χ0n) is 17.2. The number of hydrogen-bond donors (Lipinski definition) is 2. The quantitative estimate of drug-likeness (QED) is 0.785. The number of amides is 3. The molecule has 0 atom stereocenters. The number of ether oxygens (including phenoxy) is 1. The number of carbonyl (C=O) groups excluding carboxylic acids is 2. The third kappa shape index (κ3) is 5.62. The topological polar surface area (TPSA) is 70.7 Å². The zero-order chi connectivity index (χ0) is 20.0. The molecular weight excluding hydrogens is 342 g/mol. The molecule has 1 heterocycles. The van der Waals surface area contributed by atoms with E-state index in [0.717, 1.165) is 29.7 Å². The first-order valence-corrected chi connectivity index (χ1v) is 9.95. The summed E-state index contributed by atoms with van der Waals surface area (Å²) in [6, 6.07) is 6.08. The predicted molar refractivity (Wildman–Crippen MR) is 108 cm³/mol. The molecule has 1 saturated heterocycles. The lowest BCUT2D eigenvalue weighted by molar-refractivity contribution is 0.0959. The molecule has 1 aromatic carbocycles. The highest BCUT2D eigenvalue weighted by molar-refractivity contribution is 5.91. The molecule has 6 heteroatoms. The lowest BCUT2D eigenvalue weighted by atomic mass is 9.93. The molecule has 0 spiro atoms. The van der Waals surface area contributed by atoms with Gasteiger partial charge in [0.1, 0.15) is 0 Å². The molecular formula is C21H33N3O3. The molecule has 27 heavy (non-hydrogen) atoms. The fourth-order valence-corrected chi connectivity index (χ4v) is 3.45. The van der Waals surface area contributed by atoms with E-state index in [4.69, 9.17) is 4.74 Å². The third-order valence-corrected chi connectivity index (χ3v) is 4.97. The highest BCUT2D eigenvalue weighted by Crippen LogP contribution is 2.32. The van der Waals surface area contributed by atoms with E-state index in [1.54, 1.807) is 11.8 Å². The normalized spacial score (nSPS) is 15.1. The summed E-state index contributed by atoms with van der Waals surface area (Å²) in [5, 5.41) is 6.15. The van der Waals surface area contributed by atoms with E-state index < -0.39 is 0 Å². The van der Waals surface area contributed by atoms with Crippen LogP contribution in [-0.2, 0) is 4.74 Å². The van der Waals surface area contributed by atoms with Gasteiger partial charge in [-0.2, -0.15) is 0 Å². The Morgan fingerprint density at radius 3 is 2.15 bits per heavy atom. The second-order valence-electron chi connectivity index (χ2n) is 7.68. The van der Waals surface area contributed by atoms with Gasteiger partial charge in [-0.05, 0) is 42.7 Å². The average Bonchev–Trinajstić information content (AvgIpc) is 2.62. The van der Waals surface area contributed by atoms with Gasteiger partial charge in [0.15, 0.2) is 0 Å². The maximum Gasteiger partial charge on any atom is 0.409 e. The molecule has 1 aliphatic heterocycles. The minimum absolute atomic E-state index is 0.0596. The first-order valence-electron chi connectivity index (χ1n) is 9.95. The first-order chi connectivity index (χ1) is 12.8. The second kappa shape index (κ2) is 9.62. The molecule has 0 radical (unpaired) electrons. The van der Waals surface area contributed by atoms with Crippen LogP contribution in [-0.4, -0.2) is 42.8 Å². The molecule has 1 aliphatic rings. The molecule has 150 valence electrons. The van der Waals surface area contributed by atoms with Gasteiger partial charge in [0.2, 0.25) is 0 Å². The Hall–Kier alpha value is -2.24. The van der Waals surface area contributed by atoms with Gasteiger partial charge in [-0.3, -0.25) is 0 Å². The van der Waals surface area contributed by atoms with Gasteiger partial charge < -0.3 is 20.3 Å². The Morgan fingerprint density at radius 1 is 1.11 bits per heavy atom. The highest BCUT2D eigenvalue weighted by atomic mass is 16.6. The summed E-state index contributed by atoms with van der Waals surface area (Å²) in [5.41, 5.74) is 3.21. The maximum atomic E-state index is 12.6. The van der Waals surface area contributed by atoms with E-state index in [1.807, 2.05) is 0 Å². The number of rotatable bonds is 5. The zero-order valence-corrected chi connectivity index (χ0v) is 17.2. The van der Waals surface area contributed by atoms with Crippen LogP contribution in [0.5, 0.6) is 0 Å². The van der Waals surface area contributed by atoms with Crippen LogP contribution in [0.4, 0.5) is 15.3 Å². The number of piperidine rings is 1. The number of anilines is 1. The summed E-state index contributed by atoms with van der Waals surface area (Å²) in [6.45, 7) is 11.9. The predicted octanol–water partition coefficient (Wildman–Crippen LogP) is 4.68. The first kappa shape index (κ1) is 21.1. The summed E-state index contributed by atoms with van der Waals surface area (Å²) in [5.74, 6) is 0.652. The smallest absolute Gasteiger partial charge is 0.409 e. The SMILES string of the molecule is CCOC(=O)N1CCC(NC(=O)Nc2c(C(C)C)cccc2C(C)C)CC1. The van der Waals surface area contributed by atoms with Crippen molar-refractivity contribution >= 4 is 17.8 Å². The summed E-state index contributed by atoms with van der Waals surface area (Å²) in [4.78, 5) is 26.1. The van der Waals surface area contributed by atoms with E-state index in [2.05, 4.69) is 56.5 Å². The standard InChI is InChI=1S/C21H33N3O3/c1-6-27-21(26)24-12-10-16(11-13-24)22-20(25)23-19-17(14(2)3)8-7-9-18(19)15(4)5/h7-9,14-16H,6,10-13H2,1-5H3,(H2,22,23,25). The lowest BCUT2D eigenvalue weighted by Crippen LogP contribution is -2.47. The number of nitrogens with zero attached hydrogens (tertiary/aromatic N) is 1. The number of nitrogens with one attached hydrogen (secondary N) is 2. The molecule has 0 aromatic heterocycles. The number of carbonyl (C=O) groups is 2. The van der Waals surface area contributed by atoms with Crippen molar-refractivity contribution in [3.8, 4) is 0 Å². The Kier molecular flexibility index (Phi) is 7.51. The van der Waals surface area contributed by atoms with Crippen molar-refractivity contribution in [3.63, 3.8) is 0 Å². The average molecular weight is 376 g/mol. The lowest BCUT2D eigenvalue weighted by Gasteiger charge is -2.31. The van der Waals surface area contributed by atoms with Crippen LogP contribution in [0.25, 0.3) is 0 Å². The van der Waals surface area contributed by atoms with Gasteiger partial charge in [0, 0.05) is 24.8 Å². The van der Waals surface area contributed by atoms with E-state index in [9.17, 15) is 9.59 Å². The van der Waals surface area contributed by atoms with Crippen molar-refractivity contribution in [2.45, 2.75) is 65.3 Å². The van der Waals surface area contributed by atoms with E-state index in [0.29, 0.717) is 31.5 Å². The van der Waals surface area contributed by atoms with Gasteiger partial charge in [-0.15, -0.1) is 0 Å². The van der Waals surface area contributed by atoms with Gasteiger partial charge in [0.25, 0.3) is 0 Å². The van der Waals surface area contributed by atoms with Crippen LogP contribution >= 0.6 is 0 Å². The van der Waals surface area contributed by atoms with Crippen LogP contribution in [0, 0.1) is 0 Å².